The maximum absolute atomic E-state index is 14.2. The molecule has 1 atom stereocenters. The minimum Gasteiger partial charge on any atom is -0.420 e. The Hall–Kier alpha value is -2.88. The average molecular weight is 302 g/mol. The highest BCUT2D eigenvalue weighted by Gasteiger charge is 2.36. The van der Waals surface area contributed by atoms with Crippen molar-refractivity contribution in [3.8, 4) is 11.9 Å². The molecule has 3 rings (SSSR count). The van der Waals surface area contributed by atoms with E-state index >= 15 is 0 Å². The van der Waals surface area contributed by atoms with Gasteiger partial charge in [0.1, 0.15) is 23.3 Å². The predicted octanol–water partition coefficient (Wildman–Crippen LogP) is 2.47. The van der Waals surface area contributed by atoms with Gasteiger partial charge in [-0.3, -0.25) is 5.10 Å². The summed E-state index contributed by atoms with van der Waals surface area (Å²) in [6, 6.07) is 5.18. The molecule has 0 aliphatic carbocycles. The summed E-state index contributed by atoms with van der Waals surface area (Å²) in [6.07, 6.45) is 0.587. The van der Waals surface area contributed by atoms with Crippen LogP contribution in [0.3, 0.4) is 0 Å². The lowest BCUT2D eigenvalue weighted by Crippen LogP contribution is -2.22. The first-order valence-electron chi connectivity index (χ1n) is 6.66. The molecule has 0 fully saturated rings. The zero-order valence-electron chi connectivity index (χ0n) is 11.7. The molecule has 2 aromatic rings. The van der Waals surface area contributed by atoms with Crippen LogP contribution in [-0.2, 0) is 6.42 Å². The van der Waals surface area contributed by atoms with Crippen molar-refractivity contribution in [1.82, 2.24) is 10.2 Å². The summed E-state index contributed by atoms with van der Waals surface area (Å²) in [7, 11) is 0. The fraction of sp³-hybridized carbons (Fsp3) is 0.200. The number of nitriles is 1. The maximum atomic E-state index is 14.2. The monoisotopic (exact) mass is 302 g/mol. The van der Waals surface area contributed by atoms with E-state index in [-0.39, 0.29) is 22.9 Å². The molecule has 0 unspecified atom stereocenters. The van der Waals surface area contributed by atoms with Crippen LogP contribution in [0.25, 0.3) is 0 Å². The Morgan fingerprint density at radius 2 is 2.23 bits per heavy atom. The van der Waals surface area contributed by atoms with Crippen LogP contribution in [0, 0.1) is 23.0 Å². The highest BCUT2D eigenvalue weighted by molar-refractivity contribution is 5.55. The molecule has 1 aromatic heterocycles. The Morgan fingerprint density at radius 3 is 2.86 bits per heavy atom. The Bertz CT molecular complexity index is 819. The van der Waals surface area contributed by atoms with Gasteiger partial charge in [0.2, 0.25) is 11.8 Å². The molecule has 0 saturated carbocycles. The molecule has 0 amide bonds. The van der Waals surface area contributed by atoms with E-state index < -0.39 is 17.6 Å². The van der Waals surface area contributed by atoms with E-state index in [1.54, 1.807) is 0 Å². The Labute approximate surface area is 125 Å². The molecule has 0 saturated heterocycles. The van der Waals surface area contributed by atoms with Gasteiger partial charge in [0.25, 0.3) is 0 Å². The second-order valence-electron chi connectivity index (χ2n) is 4.87. The fourth-order valence-electron chi connectivity index (χ4n) is 2.62. The molecule has 3 N–H and O–H groups in total. The minimum absolute atomic E-state index is 0.0779. The number of rotatable bonds is 2. The summed E-state index contributed by atoms with van der Waals surface area (Å²) in [5.74, 6) is -2.13. The van der Waals surface area contributed by atoms with Crippen LogP contribution in [0.5, 0.6) is 5.88 Å². The summed E-state index contributed by atoms with van der Waals surface area (Å²) >= 11 is 0. The number of halogens is 2. The molecular formula is C15H12F2N4O. The van der Waals surface area contributed by atoms with E-state index in [1.807, 2.05) is 13.0 Å². The molecule has 7 heteroatoms. The Kier molecular flexibility index (Phi) is 3.29. The molecule has 1 aromatic carbocycles. The zero-order valence-corrected chi connectivity index (χ0v) is 11.7. The molecule has 112 valence electrons. The number of allylic oxidation sites excluding steroid dienone is 1. The third-order valence-electron chi connectivity index (χ3n) is 3.64. The van der Waals surface area contributed by atoms with Gasteiger partial charge in [-0.2, -0.15) is 5.26 Å². The third-order valence-corrected chi connectivity index (χ3v) is 3.64. The number of aryl methyl sites for hydroxylation is 1. The summed E-state index contributed by atoms with van der Waals surface area (Å²) in [6.45, 7) is 1.89. The van der Waals surface area contributed by atoms with Crippen molar-refractivity contribution in [1.29, 1.82) is 5.26 Å². The SMILES string of the molecule is CCc1[nH]nc2c1[C@H](c1ccc(F)cc1F)C(C#N)=C(N)O2. The molecule has 1 aliphatic heterocycles. The van der Waals surface area contributed by atoms with Gasteiger partial charge in [0.15, 0.2) is 0 Å². The number of nitrogens with one attached hydrogen (secondary N) is 1. The van der Waals surface area contributed by atoms with Crippen LogP contribution in [0.4, 0.5) is 8.78 Å². The number of H-pyrrole nitrogens is 1. The van der Waals surface area contributed by atoms with Crippen molar-refractivity contribution >= 4 is 0 Å². The van der Waals surface area contributed by atoms with Crippen LogP contribution >= 0.6 is 0 Å². The number of hydrogen-bond acceptors (Lipinski definition) is 4. The molecule has 1 aliphatic rings. The van der Waals surface area contributed by atoms with E-state index in [2.05, 4.69) is 10.2 Å². The number of fused-ring (bicyclic) bond motifs is 1. The van der Waals surface area contributed by atoms with Crippen molar-refractivity contribution in [3.05, 3.63) is 58.1 Å². The minimum atomic E-state index is -0.775. The first-order chi connectivity index (χ1) is 10.6. The van der Waals surface area contributed by atoms with E-state index in [0.29, 0.717) is 17.7 Å². The highest BCUT2D eigenvalue weighted by Crippen LogP contribution is 2.43. The van der Waals surface area contributed by atoms with Crippen LogP contribution in [0.15, 0.2) is 29.7 Å². The fourth-order valence-corrected chi connectivity index (χ4v) is 2.62. The van der Waals surface area contributed by atoms with Gasteiger partial charge in [0, 0.05) is 17.3 Å². The predicted molar refractivity (Wildman–Crippen MR) is 73.6 cm³/mol. The second kappa shape index (κ2) is 5.15. The molecule has 0 spiro atoms. The molecule has 22 heavy (non-hydrogen) atoms. The maximum Gasteiger partial charge on any atom is 0.244 e. The van der Waals surface area contributed by atoms with Gasteiger partial charge in [-0.1, -0.05) is 13.0 Å². The van der Waals surface area contributed by atoms with E-state index in [1.165, 1.54) is 6.07 Å². The Balaban J connectivity index is 2.27. The van der Waals surface area contributed by atoms with E-state index in [0.717, 1.165) is 12.1 Å². The number of aromatic amines is 1. The number of benzene rings is 1. The third kappa shape index (κ3) is 2.00. The molecule has 0 radical (unpaired) electrons. The lowest BCUT2D eigenvalue weighted by atomic mass is 9.83. The lowest BCUT2D eigenvalue weighted by molar-refractivity contribution is 0.377. The molecular weight excluding hydrogens is 290 g/mol. The molecule has 0 bridgehead atoms. The van der Waals surface area contributed by atoms with Crippen LogP contribution in [0.1, 0.15) is 29.7 Å². The zero-order chi connectivity index (χ0) is 15.9. The molecule has 5 nitrogen and oxygen atoms in total. The van der Waals surface area contributed by atoms with Gasteiger partial charge >= 0.3 is 0 Å². The first-order valence-corrected chi connectivity index (χ1v) is 6.66. The standard InChI is InChI=1S/C15H12F2N4O/c1-2-11-13-12(8-4-3-7(16)5-10(8)17)9(6-18)14(19)22-15(13)21-20-11/h3-5,12H,2,19H2,1H3,(H,20,21)/t12-/m1/s1. The van der Waals surface area contributed by atoms with Crippen LogP contribution in [0.2, 0.25) is 0 Å². The van der Waals surface area contributed by atoms with Crippen molar-refractivity contribution < 1.29 is 13.5 Å². The number of hydrogen-bond donors (Lipinski definition) is 2. The smallest absolute Gasteiger partial charge is 0.244 e. The van der Waals surface area contributed by atoms with Gasteiger partial charge in [0.05, 0.1) is 11.5 Å². The summed E-state index contributed by atoms with van der Waals surface area (Å²) in [4.78, 5) is 0. The quantitative estimate of drug-likeness (QED) is 0.892. The summed E-state index contributed by atoms with van der Waals surface area (Å²) in [5.41, 5.74) is 7.25. The second-order valence-corrected chi connectivity index (χ2v) is 4.87. The van der Waals surface area contributed by atoms with Crippen molar-refractivity contribution in [3.63, 3.8) is 0 Å². The van der Waals surface area contributed by atoms with Gasteiger partial charge in [-0.05, 0) is 12.5 Å². The van der Waals surface area contributed by atoms with Gasteiger partial charge in [-0.25, -0.2) is 8.78 Å². The molecule has 2 heterocycles. The van der Waals surface area contributed by atoms with Crippen LogP contribution < -0.4 is 10.5 Å². The average Bonchev–Trinajstić information content (AvgIpc) is 2.88. The van der Waals surface area contributed by atoms with Gasteiger partial charge < -0.3 is 10.5 Å². The van der Waals surface area contributed by atoms with Crippen molar-refractivity contribution in [2.75, 3.05) is 0 Å². The number of nitrogens with zero attached hydrogens (tertiary/aromatic N) is 2. The highest BCUT2D eigenvalue weighted by atomic mass is 19.1. The van der Waals surface area contributed by atoms with Crippen molar-refractivity contribution in [2.45, 2.75) is 19.3 Å². The summed E-state index contributed by atoms with van der Waals surface area (Å²) < 4.78 is 32.7. The van der Waals surface area contributed by atoms with Crippen molar-refractivity contribution in [2.24, 2.45) is 5.73 Å². The topological polar surface area (TPSA) is 87.7 Å². The number of nitrogens with two attached hydrogens (primary N) is 1. The van der Waals surface area contributed by atoms with Gasteiger partial charge in [-0.15, -0.1) is 5.10 Å². The van der Waals surface area contributed by atoms with E-state index in [9.17, 15) is 14.0 Å². The largest absolute Gasteiger partial charge is 0.420 e. The number of aromatic nitrogens is 2. The first kappa shape index (κ1) is 14.1. The van der Waals surface area contributed by atoms with Crippen LogP contribution in [-0.4, -0.2) is 10.2 Å². The summed E-state index contributed by atoms with van der Waals surface area (Å²) in [5, 5.41) is 16.2. The van der Waals surface area contributed by atoms with E-state index in [4.69, 9.17) is 10.5 Å². The normalized spacial score (nSPS) is 16.9. The Morgan fingerprint density at radius 1 is 1.45 bits per heavy atom. The lowest BCUT2D eigenvalue weighted by Gasteiger charge is -2.24. The number of ether oxygens (including phenoxy) is 1.